The molecule has 0 radical (unpaired) electrons. The summed E-state index contributed by atoms with van der Waals surface area (Å²) < 4.78 is 25.1. The first-order chi connectivity index (χ1) is 11.7. The molecule has 1 aromatic carbocycles. The van der Waals surface area contributed by atoms with Crippen LogP contribution in [0.1, 0.15) is 19.8 Å². The Bertz CT molecular complexity index is 744. The largest absolute Gasteiger partial charge is 0.319 e. The fourth-order valence-electron chi connectivity index (χ4n) is 2.85. The molecule has 1 amide bonds. The number of hydrogen-bond acceptors (Lipinski definition) is 6. The minimum atomic E-state index is -3.24. The molecule has 138 valence electrons. The number of amides is 1. The second kappa shape index (κ2) is 7.89. The molecule has 25 heavy (non-hydrogen) atoms. The van der Waals surface area contributed by atoms with Crippen LogP contribution in [-0.4, -0.2) is 55.6 Å². The zero-order valence-corrected chi connectivity index (χ0v) is 15.0. The number of rotatable bonds is 6. The predicted octanol–water partition coefficient (Wildman–Crippen LogP) is 0.935. The fraction of sp³-hybridized carbons (Fsp3) is 0.533. The van der Waals surface area contributed by atoms with Crippen LogP contribution in [0.2, 0.25) is 0 Å². The SMILES string of the molecule is CC(C(=O)Nc1ccccc1[N+](=O)[O-])N1CCC(NS(C)(=O)=O)CC1. The standard InChI is InChI=1S/C15H22N4O5S/c1-11(18-9-7-12(8-10-18)17-25(2,23)24)15(20)16-13-5-3-4-6-14(13)19(21)22/h3-6,11-12,17H,7-10H2,1-2H3,(H,16,20). The van der Waals surface area contributed by atoms with Crippen LogP contribution in [0.3, 0.4) is 0 Å². The zero-order valence-electron chi connectivity index (χ0n) is 14.1. The first-order valence-electron chi connectivity index (χ1n) is 7.93. The van der Waals surface area contributed by atoms with Gasteiger partial charge in [-0.2, -0.15) is 0 Å². The molecule has 0 spiro atoms. The van der Waals surface area contributed by atoms with Gasteiger partial charge in [0.15, 0.2) is 0 Å². The number of para-hydroxylation sites is 2. The fourth-order valence-corrected chi connectivity index (χ4v) is 3.69. The number of piperidine rings is 1. The molecule has 1 heterocycles. The molecule has 2 N–H and O–H groups in total. The molecule has 0 aliphatic carbocycles. The third-order valence-corrected chi connectivity index (χ3v) is 4.96. The Kier molecular flexibility index (Phi) is 6.09. The average Bonchev–Trinajstić information content (AvgIpc) is 2.53. The van der Waals surface area contributed by atoms with E-state index in [0.29, 0.717) is 25.9 Å². The van der Waals surface area contributed by atoms with Gasteiger partial charge in [0, 0.05) is 25.2 Å². The Morgan fingerprint density at radius 1 is 1.32 bits per heavy atom. The molecule has 0 bridgehead atoms. The molecule has 1 unspecified atom stereocenters. The van der Waals surface area contributed by atoms with E-state index in [0.717, 1.165) is 6.26 Å². The van der Waals surface area contributed by atoms with Crippen LogP contribution >= 0.6 is 0 Å². The number of benzene rings is 1. The molecule has 10 heteroatoms. The van der Waals surface area contributed by atoms with Crippen molar-refractivity contribution < 1.29 is 18.1 Å². The van der Waals surface area contributed by atoms with E-state index in [1.807, 2.05) is 4.90 Å². The monoisotopic (exact) mass is 370 g/mol. The Hall–Kier alpha value is -2.04. The van der Waals surface area contributed by atoms with E-state index in [9.17, 15) is 23.3 Å². The molecule has 0 saturated carbocycles. The molecule has 1 saturated heterocycles. The summed E-state index contributed by atoms with van der Waals surface area (Å²) in [6.07, 6.45) is 2.34. The third-order valence-electron chi connectivity index (χ3n) is 4.20. The number of nitro groups is 1. The van der Waals surface area contributed by atoms with Gasteiger partial charge in [-0.3, -0.25) is 19.8 Å². The highest BCUT2D eigenvalue weighted by Gasteiger charge is 2.28. The molecule has 0 aromatic heterocycles. The van der Waals surface area contributed by atoms with Gasteiger partial charge in [-0.25, -0.2) is 13.1 Å². The van der Waals surface area contributed by atoms with Crippen molar-refractivity contribution in [3.63, 3.8) is 0 Å². The second-order valence-electron chi connectivity index (χ2n) is 6.14. The number of carbonyl (C=O) groups is 1. The van der Waals surface area contributed by atoms with Crippen molar-refractivity contribution in [2.75, 3.05) is 24.7 Å². The second-order valence-corrected chi connectivity index (χ2v) is 7.92. The van der Waals surface area contributed by atoms with E-state index < -0.39 is 21.0 Å². The van der Waals surface area contributed by atoms with Gasteiger partial charge >= 0.3 is 0 Å². The highest BCUT2D eigenvalue weighted by Crippen LogP contribution is 2.24. The van der Waals surface area contributed by atoms with E-state index in [4.69, 9.17) is 0 Å². The first-order valence-corrected chi connectivity index (χ1v) is 9.82. The molecule has 1 aliphatic rings. The predicted molar refractivity (Wildman–Crippen MR) is 93.8 cm³/mol. The lowest BCUT2D eigenvalue weighted by Gasteiger charge is -2.35. The minimum absolute atomic E-state index is 0.128. The van der Waals surface area contributed by atoms with E-state index in [1.54, 1.807) is 13.0 Å². The smallest absolute Gasteiger partial charge is 0.292 e. The maximum atomic E-state index is 12.4. The van der Waals surface area contributed by atoms with Crippen LogP contribution in [0.25, 0.3) is 0 Å². The third kappa shape index (κ3) is 5.48. The molecule has 2 rings (SSSR count). The summed E-state index contributed by atoms with van der Waals surface area (Å²) in [6, 6.07) is 5.38. The van der Waals surface area contributed by atoms with Crippen molar-refractivity contribution in [2.24, 2.45) is 0 Å². The summed E-state index contributed by atoms with van der Waals surface area (Å²) in [4.78, 5) is 24.8. The highest BCUT2D eigenvalue weighted by atomic mass is 32.2. The molecule has 1 aromatic rings. The summed E-state index contributed by atoms with van der Waals surface area (Å²) in [5.41, 5.74) is 0.0112. The molecule has 9 nitrogen and oxygen atoms in total. The van der Waals surface area contributed by atoms with Gasteiger partial charge in [-0.1, -0.05) is 12.1 Å². The molecule has 1 aliphatic heterocycles. The number of likely N-dealkylation sites (tertiary alicyclic amines) is 1. The molecular weight excluding hydrogens is 348 g/mol. The minimum Gasteiger partial charge on any atom is -0.319 e. The van der Waals surface area contributed by atoms with Gasteiger partial charge < -0.3 is 5.32 Å². The summed E-state index contributed by atoms with van der Waals surface area (Å²) in [5.74, 6) is -0.330. The zero-order chi connectivity index (χ0) is 18.6. The molecule has 1 atom stereocenters. The number of nitrogens with one attached hydrogen (secondary N) is 2. The van der Waals surface area contributed by atoms with Crippen LogP contribution in [0.5, 0.6) is 0 Å². The van der Waals surface area contributed by atoms with Crippen molar-refractivity contribution in [2.45, 2.75) is 31.8 Å². The van der Waals surface area contributed by atoms with Gasteiger partial charge in [0.25, 0.3) is 5.69 Å². The van der Waals surface area contributed by atoms with Crippen LogP contribution < -0.4 is 10.0 Å². The maximum Gasteiger partial charge on any atom is 0.292 e. The van der Waals surface area contributed by atoms with E-state index in [2.05, 4.69) is 10.0 Å². The van der Waals surface area contributed by atoms with Crippen LogP contribution in [0, 0.1) is 10.1 Å². The van der Waals surface area contributed by atoms with E-state index >= 15 is 0 Å². The number of hydrogen-bond donors (Lipinski definition) is 2. The van der Waals surface area contributed by atoms with Crippen molar-refractivity contribution in [3.05, 3.63) is 34.4 Å². The summed E-state index contributed by atoms with van der Waals surface area (Å²) >= 11 is 0. The van der Waals surface area contributed by atoms with Gasteiger partial charge in [0.1, 0.15) is 5.69 Å². The Labute approximate surface area is 146 Å². The van der Waals surface area contributed by atoms with Crippen molar-refractivity contribution >= 4 is 27.3 Å². The number of nitrogens with zero attached hydrogens (tertiary/aromatic N) is 2. The lowest BCUT2D eigenvalue weighted by Crippen LogP contribution is -2.50. The summed E-state index contributed by atoms with van der Waals surface area (Å²) in [7, 11) is -3.24. The summed E-state index contributed by atoms with van der Waals surface area (Å²) in [6.45, 7) is 2.87. The van der Waals surface area contributed by atoms with E-state index in [-0.39, 0.29) is 23.3 Å². The van der Waals surface area contributed by atoms with Crippen LogP contribution in [-0.2, 0) is 14.8 Å². The Balaban J connectivity index is 1.94. The Morgan fingerprint density at radius 2 is 1.92 bits per heavy atom. The number of nitro benzene ring substituents is 1. The lowest BCUT2D eigenvalue weighted by atomic mass is 10.0. The maximum absolute atomic E-state index is 12.4. The summed E-state index contributed by atoms with van der Waals surface area (Å²) in [5, 5.41) is 13.6. The number of carbonyl (C=O) groups excluding carboxylic acids is 1. The number of anilines is 1. The molecular formula is C15H22N4O5S. The van der Waals surface area contributed by atoms with Crippen molar-refractivity contribution in [1.82, 2.24) is 9.62 Å². The van der Waals surface area contributed by atoms with Gasteiger partial charge in [-0.15, -0.1) is 0 Å². The van der Waals surface area contributed by atoms with Crippen LogP contribution in [0.15, 0.2) is 24.3 Å². The van der Waals surface area contributed by atoms with Gasteiger partial charge in [0.2, 0.25) is 15.9 Å². The van der Waals surface area contributed by atoms with Gasteiger partial charge in [-0.05, 0) is 25.8 Å². The van der Waals surface area contributed by atoms with Gasteiger partial charge in [0.05, 0.1) is 17.2 Å². The molecule has 1 fully saturated rings. The Morgan fingerprint density at radius 3 is 2.48 bits per heavy atom. The highest BCUT2D eigenvalue weighted by molar-refractivity contribution is 7.88. The van der Waals surface area contributed by atoms with E-state index in [1.165, 1.54) is 18.2 Å². The lowest BCUT2D eigenvalue weighted by molar-refractivity contribution is -0.383. The topological polar surface area (TPSA) is 122 Å². The van der Waals surface area contributed by atoms with Crippen molar-refractivity contribution in [1.29, 1.82) is 0 Å². The number of sulfonamides is 1. The normalized spacial score (nSPS) is 17.8. The first kappa shape index (κ1) is 19.3. The van der Waals surface area contributed by atoms with Crippen molar-refractivity contribution in [3.8, 4) is 0 Å². The van der Waals surface area contributed by atoms with Crippen LogP contribution in [0.4, 0.5) is 11.4 Å². The quantitative estimate of drug-likeness (QED) is 0.568. The average molecular weight is 370 g/mol.